The van der Waals surface area contributed by atoms with Gasteiger partial charge >= 0.3 is 0 Å². The Kier molecular flexibility index (Phi) is 6.29. The molecule has 20 heavy (non-hydrogen) atoms. The van der Waals surface area contributed by atoms with Gasteiger partial charge in [0.1, 0.15) is 0 Å². The Hall–Kier alpha value is -0.620. The quantitative estimate of drug-likeness (QED) is 0.746. The number of thioether (sulfide) groups is 1. The summed E-state index contributed by atoms with van der Waals surface area (Å²) in [6, 6.07) is 8.69. The lowest BCUT2D eigenvalue weighted by Gasteiger charge is -2.24. The number of benzene rings is 1. The Morgan fingerprint density at radius 1 is 1.45 bits per heavy atom. The Bertz CT molecular complexity index is 428. The van der Waals surface area contributed by atoms with Crippen LogP contribution in [0.3, 0.4) is 0 Å². The summed E-state index contributed by atoms with van der Waals surface area (Å²) < 4.78 is 5.19. The highest BCUT2D eigenvalue weighted by Gasteiger charge is 2.23. The van der Waals surface area contributed by atoms with Gasteiger partial charge in [0.2, 0.25) is 0 Å². The van der Waals surface area contributed by atoms with Crippen molar-refractivity contribution in [2.75, 3.05) is 33.4 Å². The number of fused-ring (bicyclic) bond motifs is 1. The van der Waals surface area contributed by atoms with Crippen molar-refractivity contribution in [1.82, 2.24) is 4.90 Å². The number of hydrogen-bond donors (Lipinski definition) is 1. The summed E-state index contributed by atoms with van der Waals surface area (Å²) in [5, 5.41) is 0.621. The number of methoxy groups -OCH3 is 1. The predicted octanol–water partition coefficient (Wildman–Crippen LogP) is 2.33. The molecule has 0 bridgehead atoms. The number of thiocarbonyl (C=S) groups is 1. The summed E-state index contributed by atoms with van der Waals surface area (Å²) in [5.41, 5.74) is 7.09. The predicted molar refractivity (Wildman–Crippen MR) is 89.5 cm³/mol. The fourth-order valence-electron chi connectivity index (χ4n) is 2.43. The minimum atomic E-state index is 0.592. The summed E-state index contributed by atoms with van der Waals surface area (Å²) >= 11 is 6.97. The molecule has 1 atom stereocenters. The first-order valence-electron chi connectivity index (χ1n) is 6.93. The summed E-state index contributed by atoms with van der Waals surface area (Å²) in [6.07, 6.45) is 1.93. The minimum Gasteiger partial charge on any atom is -0.393 e. The number of hydrogen-bond acceptors (Lipinski definition) is 4. The second-order valence-corrected chi connectivity index (χ2v) is 6.93. The molecule has 1 heterocycles. The maximum atomic E-state index is 5.61. The van der Waals surface area contributed by atoms with Crippen molar-refractivity contribution < 1.29 is 4.74 Å². The van der Waals surface area contributed by atoms with E-state index >= 15 is 0 Å². The zero-order valence-corrected chi connectivity index (χ0v) is 13.5. The van der Waals surface area contributed by atoms with Crippen LogP contribution in [-0.4, -0.2) is 48.5 Å². The van der Waals surface area contributed by atoms with Crippen LogP contribution in [0.15, 0.2) is 29.2 Å². The van der Waals surface area contributed by atoms with E-state index in [9.17, 15) is 0 Å². The first-order chi connectivity index (χ1) is 9.69. The van der Waals surface area contributed by atoms with Gasteiger partial charge in [0.05, 0.1) is 11.6 Å². The lowest BCUT2D eigenvalue weighted by atomic mass is 10.1. The third-order valence-electron chi connectivity index (χ3n) is 3.46. The molecule has 1 aromatic carbocycles. The lowest BCUT2D eigenvalue weighted by molar-refractivity contribution is 0.149. The number of rotatable bonds is 8. The molecule has 110 valence electrons. The fraction of sp³-hybridized carbons (Fsp3) is 0.533. The molecule has 1 aliphatic heterocycles. The molecule has 1 aromatic rings. The van der Waals surface area contributed by atoms with Crippen molar-refractivity contribution in [2.45, 2.75) is 23.0 Å². The summed E-state index contributed by atoms with van der Waals surface area (Å²) in [4.78, 5) is 4.43. The Balaban J connectivity index is 1.86. The summed E-state index contributed by atoms with van der Waals surface area (Å²) in [7, 11) is 1.74. The van der Waals surface area contributed by atoms with E-state index in [0.717, 1.165) is 39.1 Å². The zero-order valence-electron chi connectivity index (χ0n) is 11.9. The van der Waals surface area contributed by atoms with Gasteiger partial charge in [-0.25, -0.2) is 0 Å². The summed E-state index contributed by atoms with van der Waals surface area (Å²) in [5.74, 6) is 0. The molecule has 0 aliphatic carbocycles. The van der Waals surface area contributed by atoms with Crippen LogP contribution >= 0.6 is 24.0 Å². The monoisotopic (exact) mass is 310 g/mol. The first kappa shape index (κ1) is 15.8. The number of nitrogens with zero attached hydrogens (tertiary/aromatic N) is 1. The van der Waals surface area contributed by atoms with Crippen LogP contribution < -0.4 is 5.73 Å². The normalized spacial score (nSPS) is 17.4. The van der Waals surface area contributed by atoms with E-state index in [1.54, 1.807) is 7.11 Å². The zero-order chi connectivity index (χ0) is 14.4. The Morgan fingerprint density at radius 3 is 2.95 bits per heavy atom. The van der Waals surface area contributed by atoms with Crippen LogP contribution in [0.1, 0.15) is 12.0 Å². The molecule has 0 saturated heterocycles. The van der Waals surface area contributed by atoms with Crippen molar-refractivity contribution >= 4 is 29.0 Å². The molecule has 0 radical (unpaired) electrons. The van der Waals surface area contributed by atoms with E-state index in [1.807, 2.05) is 11.8 Å². The van der Waals surface area contributed by atoms with Crippen molar-refractivity contribution in [2.24, 2.45) is 5.73 Å². The van der Waals surface area contributed by atoms with Gasteiger partial charge in [-0.2, -0.15) is 0 Å². The van der Waals surface area contributed by atoms with Crippen molar-refractivity contribution in [3.8, 4) is 0 Å². The standard InChI is InChI=1S/C15H22N2OS2/c1-18-9-8-17(7-6-15(16)19)11-13-10-12-4-2-3-5-14(12)20-13/h2-5,13H,6-11H2,1H3,(H2,16,19). The van der Waals surface area contributed by atoms with E-state index in [2.05, 4.69) is 29.2 Å². The molecule has 0 spiro atoms. The van der Waals surface area contributed by atoms with Crippen LogP contribution in [0, 0.1) is 0 Å². The maximum absolute atomic E-state index is 5.61. The van der Waals surface area contributed by atoms with Gasteiger partial charge in [-0.1, -0.05) is 30.4 Å². The van der Waals surface area contributed by atoms with Crippen LogP contribution in [0.2, 0.25) is 0 Å². The van der Waals surface area contributed by atoms with Gasteiger partial charge in [0.15, 0.2) is 0 Å². The van der Waals surface area contributed by atoms with Crippen molar-refractivity contribution in [1.29, 1.82) is 0 Å². The second-order valence-electron chi connectivity index (χ2n) is 5.06. The molecule has 2 rings (SSSR count). The topological polar surface area (TPSA) is 38.5 Å². The maximum Gasteiger partial charge on any atom is 0.0740 e. The molecule has 1 aliphatic rings. The van der Waals surface area contributed by atoms with Gasteiger partial charge < -0.3 is 10.5 Å². The van der Waals surface area contributed by atoms with E-state index in [-0.39, 0.29) is 0 Å². The van der Waals surface area contributed by atoms with Gasteiger partial charge in [-0.3, -0.25) is 4.90 Å². The second kappa shape index (κ2) is 7.98. The molecule has 3 nitrogen and oxygen atoms in total. The highest BCUT2D eigenvalue weighted by molar-refractivity contribution is 8.00. The van der Waals surface area contributed by atoms with Crippen LogP contribution in [0.5, 0.6) is 0 Å². The van der Waals surface area contributed by atoms with Crippen LogP contribution in [-0.2, 0) is 11.2 Å². The molecular weight excluding hydrogens is 288 g/mol. The third-order valence-corrected chi connectivity index (χ3v) is 4.97. The molecule has 5 heteroatoms. The SMILES string of the molecule is COCCN(CCC(N)=S)CC1Cc2ccccc2S1. The number of nitrogens with two attached hydrogens (primary N) is 1. The Morgan fingerprint density at radius 2 is 2.25 bits per heavy atom. The minimum absolute atomic E-state index is 0.592. The van der Waals surface area contributed by atoms with Crippen LogP contribution in [0.25, 0.3) is 0 Å². The average molecular weight is 310 g/mol. The molecule has 1 unspecified atom stereocenters. The lowest BCUT2D eigenvalue weighted by Crippen LogP contribution is -2.35. The van der Waals surface area contributed by atoms with E-state index in [4.69, 9.17) is 22.7 Å². The highest BCUT2D eigenvalue weighted by atomic mass is 32.2. The summed E-state index contributed by atoms with van der Waals surface area (Å²) in [6.45, 7) is 3.67. The van der Waals surface area contributed by atoms with Gasteiger partial charge in [0.25, 0.3) is 0 Å². The Labute approximate surface area is 130 Å². The number of ether oxygens (including phenoxy) is 1. The van der Waals surface area contributed by atoms with Gasteiger partial charge in [0, 0.05) is 43.3 Å². The van der Waals surface area contributed by atoms with E-state index < -0.39 is 0 Å². The molecule has 2 N–H and O–H groups in total. The molecule has 0 saturated carbocycles. The first-order valence-corrected chi connectivity index (χ1v) is 8.22. The van der Waals surface area contributed by atoms with Crippen molar-refractivity contribution in [3.05, 3.63) is 29.8 Å². The molecular formula is C15H22N2OS2. The van der Waals surface area contributed by atoms with E-state index in [0.29, 0.717) is 10.2 Å². The smallest absolute Gasteiger partial charge is 0.0740 e. The fourth-order valence-corrected chi connectivity index (χ4v) is 3.89. The molecule has 0 fully saturated rings. The molecule has 0 amide bonds. The van der Waals surface area contributed by atoms with E-state index in [1.165, 1.54) is 10.5 Å². The molecule has 0 aromatic heterocycles. The van der Waals surface area contributed by atoms with Gasteiger partial charge in [-0.15, -0.1) is 11.8 Å². The van der Waals surface area contributed by atoms with Crippen molar-refractivity contribution in [3.63, 3.8) is 0 Å². The van der Waals surface area contributed by atoms with Gasteiger partial charge in [-0.05, 0) is 18.1 Å². The largest absolute Gasteiger partial charge is 0.393 e. The van der Waals surface area contributed by atoms with Crippen LogP contribution in [0.4, 0.5) is 0 Å². The average Bonchev–Trinajstić information content (AvgIpc) is 2.83. The third kappa shape index (κ3) is 4.74. The highest BCUT2D eigenvalue weighted by Crippen LogP contribution is 2.36.